The van der Waals surface area contributed by atoms with E-state index in [0.717, 1.165) is 31.5 Å². The number of hydrogen-bond acceptors (Lipinski definition) is 2. The summed E-state index contributed by atoms with van der Waals surface area (Å²) in [5.74, 6) is 0.781. The number of nitrogens with zero attached hydrogens (tertiary/aromatic N) is 1. The molecule has 1 unspecified atom stereocenters. The van der Waals surface area contributed by atoms with E-state index in [1.807, 2.05) is 0 Å². The Bertz CT molecular complexity index is 398. The minimum Gasteiger partial charge on any atom is -0.314 e. The van der Waals surface area contributed by atoms with Gasteiger partial charge in [0.05, 0.1) is 0 Å². The van der Waals surface area contributed by atoms with E-state index >= 15 is 0 Å². The number of hydrogen-bond donors (Lipinski definition) is 1. The second-order valence-corrected chi connectivity index (χ2v) is 6.46. The molecule has 1 aliphatic rings. The molecule has 1 aromatic rings. The van der Waals surface area contributed by atoms with Gasteiger partial charge in [0.25, 0.3) is 0 Å². The van der Waals surface area contributed by atoms with Gasteiger partial charge in [-0.3, -0.25) is 0 Å². The normalized spacial score (nSPS) is 16.6. The molecule has 20 heavy (non-hydrogen) atoms. The monoisotopic (exact) mass is 274 g/mol. The van der Waals surface area contributed by atoms with E-state index in [0.29, 0.717) is 0 Å². The predicted octanol–water partition coefficient (Wildman–Crippen LogP) is 3.46. The molecule has 0 saturated heterocycles. The van der Waals surface area contributed by atoms with Gasteiger partial charge < -0.3 is 10.2 Å². The topological polar surface area (TPSA) is 15.3 Å². The minimum absolute atomic E-state index is 0.781. The first-order valence-electron chi connectivity index (χ1n) is 8.17. The molecule has 2 nitrogen and oxygen atoms in total. The molecule has 0 bridgehead atoms. The summed E-state index contributed by atoms with van der Waals surface area (Å²) in [4.78, 5) is 2.46. The molecule has 1 aromatic carbocycles. The fraction of sp³-hybridized carbons (Fsp3) is 0.667. The number of benzene rings is 1. The molecular weight excluding hydrogens is 244 g/mol. The van der Waals surface area contributed by atoms with E-state index in [1.165, 1.54) is 36.9 Å². The summed E-state index contributed by atoms with van der Waals surface area (Å²) < 4.78 is 0. The summed E-state index contributed by atoms with van der Waals surface area (Å²) in [6.07, 6.45) is 5.17. The van der Waals surface area contributed by atoms with Crippen LogP contribution in [0.2, 0.25) is 0 Å². The zero-order valence-electron chi connectivity index (χ0n) is 13.4. The third kappa shape index (κ3) is 5.26. The first kappa shape index (κ1) is 15.5. The van der Waals surface area contributed by atoms with Crippen molar-refractivity contribution in [2.24, 2.45) is 5.92 Å². The molecular formula is C18H30N2. The molecule has 112 valence electrons. The fourth-order valence-electron chi connectivity index (χ4n) is 2.67. The maximum Gasteiger partial charge on any atom is 0.0233 e. The molecule has 0 radical (unpaired) electrons. The van der Waals surface area contributed by atoms with Gasteiger partial charge >= 0.3 is 0 Å². The Hall–Kier alpha value is -0.860. The standard InChI is InChI=1S/C18H30N2/c1-4-15(2)13-20(3)14-17-8-6-5-7-16(17)11-12-19-18-9-10-18/h5-8,15,18-19H,4,9-14H2,1-3H3. The largest absolute Gasteiger partial charge is 0.314 e. The summed E-state index contributed by atoms with van der Waals surface area (Å²) in [5.41, 5.74) is 3.01. The van der Waals surface area contributed by atoms with Gasteiger partial charge in [-0.25, -0.2) is 0 Å². The molecule has 1 aliphatic carbocycles. The predicted molar refractivity (Wildman–Crippen MR) is 87.0 cm³/mol. The van der Waals surface area contributed by atoms with Crippen molar-refractivity contribution in [1.29, 1.82) is 0 Å². The van der Waals surface area contributed by atoms with E-state index in [-0.39, 0.29) is 0 Å². The van der Waals surface area contributed by atoms with Crippen LogP contribution in [0.3, 0.4) is 0 Å². The van der Waals surface area contributed by atoms with Crippen molar-refractivity contribution in [3.8, 4) is 0 Å². The molecule has 0 amide bonds. The lowest BCUT2D eigenvalue weighted by atomic mass is 10.0. The quantitative estimate of drug-likeness (QED) is 0.742. The summed E-state index contributed by atoms with van der Waals surface area (Å²) in [6, 6.07) is 9.74. The van der Waals surface area contributed by atoms with Gasteiger partial charge in [-0.1, -0.05) is 44.5 Å². The Morgan fingerprint density at radius 3 is 2.60 bits per heavy atom. The summed E-state index contributed by atoms with van der Waals surface area (Å²) in [6.45, 7) is 7.99. The van der Waals surface area contributed by atoms with Crippen LogP contribution < -0.4 is 5.32 Å². The van der Waals surface area contributed by atoms with Crippen LogP contribution in [0.4, 0.5) is 0 Å². The van der Waals surface area contributed by atoms with Gasteiger partial charge in [0.2, 0.25) is 0 Å². The highest BCUT2D eigenvalue weighted by atomic mass is 15.1. The second-order valence-electron chi connectivity index (χ2n) is 6.46. The number of nitrogens with one attached hydrogen (secondary N) is 1. The zero-order valence-corrected chi connectivity index (χ0v) is 13.4. The molecule has 1 fully saturated rings. The minimum atomic E-state index is 0.781. The van der Waals surface area contributed by atoms with E-state index in [9.17, 15) is 0 Å². The third-order valence-electron chi connectivity index (χ3n) is 4.28. The number of rotatable bonds is 9. The van der Waals surface area contributed by atoms with Crippen molar-refractivity contribution in [2.75, 3.05) is 20.1 Å². The Balaban J connectivity index is 1.85. The van der Waals surface area contributed by atoms with Gasteiger partial charge in [0, 0.05) is 19.1 Å². The van der Waals surface area contributed by atoms with E-state index < -0.39 is 0 Å². The SMILES string of the molecule is CCC(C)CN(C)Cc1ccccc1CCNC1CC1. The van der Waals surface area contributed by atoms with Crippen LogP contribution in [0.25, 0.3) is 0 Å². The van der Waals surface area contributed by atoms with Crippen LogP contribution in [0.15, 0.2) is 24.3 Å². The fourth-order valence-corrected chi connectivity index (χ4v) is 2.67. The Morgan fingerprint density at radius 2 is 1.95 bits per heavy atom. The lowest BCUT2D eigenvalue weighted by Gasteiger charge is -2.22. The van der Waals surface area contributed by atoms with E-state index in [4.69, 9.17) is 0 Å². The molecule has 0 aromatic heterocycles. The molecule has 0 heterocycles. The molecule has 1 N–H and O–H groups in total. The Morgan fingerprint density at radius 1 is 1.25 bits per heavy atom. The van der Waals surface area contributed by atoms with Crippen molar-refractivity contribution in [3.63, 3.8) is 0 Å². The molecule has 0 aliphatic heterocycles. The van der Waals surface area contributed by atoms with Gasteiger partial charge in [-0.2, -0.15) is 0 Å². The smallest absolute Gasteiger partial charge is 0.0233 e. The van der Waals surface area contributed by atoms with Crippen molar-refractivity contribution < 1.29 is 0 Å². The van der Waals surface area contributed by atoms with E-state index in [1.54, 1.807) is 0 Å². The zero-order chi connectivity index (χ0) is 14.4. The van der Waals surface area contributed by atoms with E-state index in [2.05, 4.69) is 55.4 Å². The first-order chi connectivity index (χ1) is 9.69. The lowest BCUT2D eigenvalue weighted by molar-refractivity contribution is 0.274. The Kier molecular flexibility index (Phi) is 6.06. The summed E-state index contributed by atoms with van der Waals surface area (Å²) in [5, 5.41) is 3.61. The molecule has 2 heteroatoms. The van der Waals surface area contributed by atoms with Crippen LogP contribution >= 0.6 is 0 Å². The second kappa shape index (κ2) is 7.80. The van der Waals surface area contributed by atoms with Gasteiger partial charge in [0.15, 0.2) is 0 Å². The maximum atomic E-state index is 3.61. The van der Waals surface area contributed by atoms with Crippen LogP contribution in [-0.4, -0.2) is 31.1 Å². The van der Waals surface area contributed by atoms with Gasteiger partial charge in [-0.05, 0) is 49.9 Å². The van der Waals surface area contributed by atoms with Crippen LogP contribution in [0.5, 0.6) is 0 Å². The van der Waals surface area contributed by atoms with Crippen LogP contribution in [0, 0.1) is 5.92 Å². The average molecular weight is 274 g/mol. The highest BCUT2D eigenvalue weighted by Gasteiger charge is 2.19. The lowest BCUT2D eigenvalue weighted by Crippen LogP contribution is -2.25. The molecule has 0 spiro atoms. The molecule has 1 atom stereocenters. The van der Waals surface area contributed by atoms with Crippen LogP contribution in [-0.2, 0) is 13.0 Å². The van der Waals surface area contributed by atoms with Crippen molar-refractivity contribution >= 4 is 0 Å². The average Bonchev–Trinajstić information content (AvgIpc) is 3.24. The van der Waals surface area contributed by atoms with Crippen LogP contribution in [0.1, 0.15) is 44.2 Å². The van der Waals surface area contributed by atoms with Crippen molar-refractivity contribution in [1.82, 2.24) is 10.2 Å². The highest BCUT2D eigenvalue weighted by molar-refractivity contribution is 5.27. The van der Waals surface area contributed by atoms with Crippen molar-refractivity contribution in [3.05, 3.63) is 35.4 Å². The van der Waals surface area contributed by atoms with Gasteiger partial charge in [0.1, 0.15) is 0 Å². The van der Waals surface area contributed by atoms with Crippen molar-refractivity contribution in [2.45, 2.75) is 52.1 Å². The highest BCUT2D eigenvalue weighted by Crippen LogP contribution is 2.19. The first-order valence-corrected chi connectivity index (χ1v) is 8.17. The third-order valence-corrected chi connectivity index (χ3v) is 4.28. The Labute approximate surface area is 124 Å². The molecule has 1 saturated carbocycles. The molecule has 2 rings (SSSR count). The van der Waals surface area contributed by atoms with Gasteiger partial charge in [-0.15, -0.1) is 0 Å². The maximum absolute atomic E-state index is 3.61. The summed E-state index contributed by atoms with van der Waals surface area (Å²) in [7, 11) is 2.24. The summed E-state index contributed by atoms with van der Waals surface area (Å²) >= 11 is 0.